The Morgan fingerprint density at radius 3 is 2.44 bits per heavy atom. The first-order valence-corrected chi connectivity index (χ1v) is 6.60. The van der Waals surface area contributed by atoms with E-state index in [0.29, 0.717) is 6.07 Å². The van der Waals surface area contributed by atoms with Crippen molar-refractivity contribution in [3.63, 3.8) is 0 Å². The van der Waals surface area contributed by atoms with Crippen molar-refractivity contribution in [3.05, 3.63) is 57.9 Å². The third-order valence-electron chi connectivity index (χ3n) is 2.94. The number of halogens is 3. The standard InChI is InChI=1S/C15H10F3NO6/c1-23-13-6-8(2-5-11(13)25-15(17)18)14(20)24-12-7-9(16)3-4-10(12)19(21)22/h2-7,15H,1H3. The van der Waals surface area contributed by atoms with Crippen molar-refractivity contribution < 1.29 is 37.1 Å². The first-order valence-electron chi connectivity index (χ1n) is 6.60. The Morgan fingerprint density at radius 1 is 1.12 bits per heavy atom. The van der Waals surface area contributed by atoms with Gasteiger partial charge < -0.3 is 14.2 Å². The molecule has 0 aliphatic carbocycles. The number of nitro benzene ring substituents is 1. The molecule has 2 rings (SSSR count). The van der Waals surface area contributed by atoms with E-state index in [1.807, 2.05) is 0 Å². The molecule has 0 atom stereocenters. The number of benzene rings is 2. The summed E-state index contributed by atoms with van der Waals surface area (Å²) in [4.78, 5) is 22.1. The minimum Gasteiger partial charge on any atom is -0.493 e. The number of carbonyl (C=O) groups is 1. The lowest BCUT2D eigenvalue weighted by molar-refractivity contribution is -0.385. The Morgan fingerprint density at radius 2 is 1.84 bits per heavy atom. The average Bonchev–Trinajstić information content (AvgIpc) is 2.54. The molecule has 2 aromatic carbocycles. The van der Waals surface area contributed by atoms with Crippen molar-refractivity contribution in [2.75, 3.05) is 7.11 Å². The van der Waals surface area contributed by atoms with Gasteiger partial charge in [-0.05, 0) is 24.3 Å². The smallest absolute Gasteiger partial charge is 0.387 e. The summed E-state index contributed by atoms with van der Waals surface area (Å²) < 4.78 is 51.6. The topological polar surface area (TPSA) is 87.9 Å². The Balaban J connectivity index is 2.30. The average molecular weight is 357 g/mol. The van der Waals surface area contributed by atoms with Crippen LogP contribution in [0.1, 0.15) is 10.4 Å². The Bertz CT molecular complexity index is 812. The molecule has 0 saturated carbocycles. The second-order valence-electron chi connectivity index (χ2n) is 4.50. The van der Waals surface area contributed by atoms with E-state index in [-0.39, 0.29) is 17.1 Å². The van der Waals surface area contributed by atoms with Crippen molar-refractivity contribution >= 4 is 11.7 Å². The van der Waals surface area contributed by atoms with E-state index in [2.05, 4.69) is 4.74 Å². The maximum Gasteiger partial charge on any atom is 0.387 e. The number of ether oxygens (including phenoxy) is 3. The van der Waals surface area contributed by atoms with Gasteiger partial charge in [0.15, 0.2) is 11.5 Å². The lowest BCUT2D eigenvalue weighted by Gasteiger charge is -2.11. The summed E-state index contributed by atoms with van der Waals surface area (Å²) in [5.74, 6) is -3.00. The molecule has 10 heteroatoms. The second kappa shape index (κ2) is 7.51. The monoisotopic (exact) mass is 357 g/mol. The lowest BCUT2D eigenvalue weighted by atomic mass is 10.2. The molecule has 0 heterocycles. The number of hydrogen-bond acceptors (Lipinski definition) is 6. The van der Waals surface area contributed by atoms with Crippen LogP contribution in [0.5, 0.6) is 17.2 Å². The van der Waals surface area contributed by atoms with Gasteiger partial charge in [-0.25, -0.2) is 9.18 Å². The maximum absolute atomic E-state index is 13.2. The van der Waals surface area contributed by atoms with E-state index >= 15 is 0 Å². The SMILES string of the molecule is COc1cc(C(=O)Oc2cc(F)ccc2[N+](=O)[O-])ccc1OC(F)F. The summed E-state index contributed by atoms with van der Waals surface area (Å²) in [6.45, 7) is -3.10. The summed E-state index contributed by atoms with van der Waals surface area (Å²) in [6.07, 6.45) is 0. The van der Waals surface area contributed by atoms with Crippen LogP contribution in [-0.4, -0.2) is 24.6 Å². The van der Waals surface area contributed by atoms with Gasteiger partial charge in [0.25, 0.3) is 0 Å². The van der Waals surface area contributed by atoms with Gasteiger partial charge in [0, 0.05) is 12.1 Å². The lowest BCUT2D eigenvalue weighted by Crippen LogP contribution is -2.11. The number of nitrogens with zero attached hydrogens (tertiary/aromatic N) is 1. The zero-order valence-corrected chi connectivity index (χ0v) is 12.6. The van der Waals surface area contributed by atoms with Crippen LogP contribution >= 0.6 is 0 Å². The van der Waals surface area contributed by atoms with Gasteiger partial charge in [-0.2, -0.15) is 8.78 Å². The molecule has 132 valence electrons. The van der Waals surface area contributed by atoms with E-state index in [4.69, 9.17) is 9.47 Å². The van der Waals surface area contributed by atoms with Crippen LogP contribution in [0.25, 0.3) is 0 Å². The van der Waals surface area contributed by atoms with Crippen molar-refractivity contribution in [2.45, 2.75) is 6.61 Å². The van der Waals surface area contributed by atoms with Crippen LogP contribution in [0.4, 0.5) is 18.9 Å². The van der Waals surface area contributed by atoms with Gasteiger partial charge in [-0.1, -0.05) is 0 Å². The largest absolute Gasteiger partial charge is 0.493 e. The molecule has 0 bridgehead atoms. The molecule has 0 N–H and O–H groups in total. The molecule has 7 nitrogen and oxygen atoms in total. The Kier molecular flexibility index (Phi) is 5.42. The highest BCUT2D eigenvalue weighted by Crippen LogP contribution is 2.31. The summed E-state index contributed by atoms with van der Waals surface area (Å²) in [5, 5.41) is 10.9. The summed E-state index contributed by atoms with van der Waals surface area (Å²) in [7, 11) is 1.17. The predicted molar refractivity (Wildman–Crippen MR) is 77.6 cm³/mol. The van der Waals surface area contributed by atoms with Gasteiger partial charge in [0.1, 0.15) is 5.82 Å². The molecule has 0 aromatic heterocycles. The highest BCUT2D eigenvalue weighted by atomic mass is 19.3. The molecule has 0 aliphatic rings. The molecule has 25 heavy (non-hydrogen) atoms. The molecule has 0 spiro atoms. The van der Waals surface area contributed by atoms with Gasteiger partial charge in [-0.3, -0.25) is 10.1 Å². The van der Waals surface area contributed by atoms with E-state index in [1.54, 1.807) is 0 Å². The third kappa shape index (κ3) is 4.37. The number of rotatable bonds is 6. The summed E-state index contributed by atoms with van der Waals surface area (Å²) >= 11 is 0. The molecule has 0 amide bonds. The normalized spacial score (nSPS) is 10.4. The van der Waals surface area contributed by atoms with Gasteiger partial charge in [0.2, 0.25) is 5.75 Å². The highest BCUT2D eigenvalue weighted by Gasteiger charge is 2.21. The van der Waals surface area contributed by atoms with E-state index in [9.17, 15) is 28.1 Å². The minimum absolute atomic E-state index is 0.169. The van der Waals surface area contributed by atoms with Crippen LogP contribution in [0.3, 0.4) is 0 Å². The predicted octanol–water partition coefficient (Wildman–Crippen LogP) is 3.56. The van der Waals surface area contributed by atoms with E-state index in [1.165, 1.54) is 7.11 Å². The fraction of sp³-hybridized carbons (Fsp3) is 0.133. The summed E-state index contributed by atoms with van der Waals surface area (Å²) in [5.41, 5.74) is -0.781. The molecular weight excluding hydrogens is 347 g/mol. The van der Waals surface area contributed by atoms with Crippen LogP contribution in [0.2, 0.25) is 0 Å². The number of hydrogen-bond donors (Lipinski definition) is 0. The van der Waals surface area contributed by atoms with Crippen molar-refractivity contribution in [2.24, 2.45) is 0 Å². The van der Waals surface area contributed by atoms with E-state index in [0.717, 1.165) is 30.3 Å². The Labute approximate surface area is 138 Å². The van der Waals surface area contributed by atoms with E-state index < -0.39 is 34.8 Å². The number of esters is 1. The van der Waals surface area contributed by atoms with Gasteiger partial charge >= 0.3 is 18.3 Å². The highest BCUT2D eigenvalue weighted by molar-refractivity contribution is 5.92. The molecular formula is C15H10F3NO6. The van der Waals surface area contributed by atoms with Crippen LogP contribution in [-0.2, 0) is 0 Å². The molecule has 0 unspecified atom stereocenters. The number of carbonyl (C=O) groups excluding carboxylic acids is 1. The number of methoxy groups -OCH3 is 1. The second-order valence-corrected chi connectivity index (χ2v) is 4.50. The minimum atomic E-state index is -3.10. The van der Waals surface area contributed by atoms with Crippen molar-refractivity contribution in [3.8, 4) is 17.2 Å². The fourth-order valence-corrected chi connectivity index (χ4v) is 1.87. The molecule has 2 aromatic rings. The third-order valence-corrected chi connectivity index (χ3v) is 2.94. The van der Waals surface area contributed by atoms with Crippen LogP contribution < -0.4 is 14.2 Å². The zero-order valence-electron chi connectivity index (χ0n) is 12.6. The van der Waals surface area contributed by atoms with Crippen molar-refractivity contribution in [1.82, 2.24) is 0 Å². The van der Waals surface area contributed by atoms with Crippen LogP contribution in [0.15, 0.2) is 36.4 Å². The zero-order chi connectivity index (χ0) is 18.6. The van der Waals surface area contributed by atoms with Gasteiger partial charge in [0.05, 0.1) is 17.6 Å². The number of alkyl halides is 2. The quantitative estimate of drug-likeness (QED) is 0.340. The van der Waals surface area contributed by atoms with Crippen molar-refractivity contribution in [1.29, 1.82) is 0 Å². The fourth-order valence-electron chi connectivity index (χ4n) is 1.87. The van der Waals surface area contributed by atoms with Gasteiger partial charge in [-0.15, -0.1) is 0 Å². The number of nitro groups is 1. The first-order chi connectivity index (χ1) is 11.8. The van der Waals surface area contributed by atoms with Crippen LogP contribution in [0, 0.1) is 15.9 Å². The summed E-state index contributed by atoms with van der Waals surface area (Å²) in [6, 6.07) is 5.55. The maximum atomic E-state index is 13.2. The molecule has 0 fully saturated rings. The molecule has 0 saturated heterocycles. The molecule has 0 radical (unpaired) electrons. The molecule has 0 aliphatic heterocycles. The first kappa shape index (κ1) is 18.0. The Hall–Kier alpha value is -3.30.